The maximum Gasteiger partial charge on any atom is 0.163 e. The van der Waals surface area contributed by atoms with Crippen molar-refractivity contribution >= 4 is 0 Å². The highest BCUT2D eigenvalue weighted by molar-refractivity contribution is 5.60. The van der Waals surface area contributed by atoms with Crippen molar-refractivity contribution in [2.24, 2.45) is 0 Å². The molecule has 2 aromatic carbocycles. The van der Waals surface area contributed by atoms with E-state index in [1.807, 2.05) is 0 Å². The zero-order chi connectivity index (χ0) is 18.6. The van der Waals surface area contributed by atoms with E-state index in [0.717, 1.165) is 11.1 Å². The lowest BCUT2D eigenvalue weighted by atomic mass is 10.1. The summed E-state index contributed by atoms with van der Waals surface area (Å²) in [5, 5.41) is 26.7. The van der Waals surface area contributed by atoms with Gasteiger partial charge in [0.1, 0.15) is 36.1 Å². The Bertz CT molecular complexity index is 935. The second-order valence-corrected chi connectivity index (χ2v) is 5.94. The predicted octanol–water partition coefficient (Wildman–Crippen LogP) is 4.12. The van der Waals surface area contributed by atoms with Crippen molar-refractivity contribution in [3.8, 4) is 34.0 Å². The summed E-state index contributed by atoms with van der Waals surface area (Å²) in [5.74, 6) is 1.56. The van der Waals surface area contributed by atoms with E-state index in [4.69, 9.17) is 13.8 Å². The highest BCUT2D eigenvalue weighted by atomic mass is 16.5. The van der Waals surface area contributed by atoms with Gasteiger partial charge in [-0.15, -0.1) is 0 Å². The highest BCUT2D eigenvalue weighted by Gasteiger charge is 2.10. The molecule has 0 bridgehead atoms. The van der Waals surface area contributed by atoms with Gasteiger partial charge in [-0.3, -0.25) is 0 Å². The van der Waals surface area contributed by atoms with Crippen molar-refractivity contribution < 1.29 is 24.0 Å². The Labute approximate surface area is 154 Å². The van der Waals surface area contributed by atoms with E-state index in [-0.39, 0.29) is 24.7 Å². The SMILES string of the molecule is Oc1ccc(-c2cc(COCc3cc(-c4ccc(O)cc4)no3)on2)cc1. The summed E-state index contributed by atoms with van der Waals surface area (Å²) in [5.41, 5.74) is 3.03. The smallest absolute Gasteiger partial charge is 0.163 e. The number of benzene rings is 2. The molecule has 0 unspecified atom stereocenters. The Hall–Kier alpha value is -3.58. The van der Waals surface area contributed by atoms with Crippen LogP contribution in [0.4, 0.5) is 0 Å². The minimum Gasteiger partial charge on any atom is -0.508 e. The van der Waals surface area contributed by atoms with Crippen LogP contribution in [0.5, 0.6) is 11.5 Å². The number of rotatable bonds is 6. The van der Waals surface area contributed by atoms with Crippen LogP contribution in [0, 0.1) is 0 Å². The van der Waals surface area contributed by atoms with E-state index < -0.39 is 0 Å². The van der Waals surface area contributed by atoms with Crippen LogP contribution >= 0.6 is 0 Å². The van der Waals surface area contributed by atoms with E-state index in [0.29, 0.717) is 22.9 Å². The number of phenols is 2. The topological polar surface area (TPSA) is 102 Å². The minimum atomic E-state index is 0.199. The summed E-state index contributed by atoms with van der Waals surface area (Å²) in [6.45, 7) is 0.473. The van der Waals surface area contributed by atoms with Crippen molar-refractivity contribution in [2.45, 2.75) is 13.2 Å². The summed E-state index contributed by atoms with van der Waals surface area (Å²) >= 11 is 0. The molecule has 27 heavy (non-hydrogen) atoms. The maximum atomic E-state index is 9.33. The maximum absolute atomic E-state index is 9.33. The monoisotopic (exact) mass is 364 g/mol. The number of aromatic nitrogens is 2. The third-order valence-corrected chi connectivity index (χ3v) is 3.93. The molecular formula is C20H16N2O5. The van der Waals surface area contributed by atoms with Crippen LogP contribution in [0.25, 0.3) is 22.5 Å². The Balaban J connectivity index is 1.34. The van der Waals surface area contributed by atoms with Crippen molar-refractivity contribution in [3.63, 3.8) is 0 Å². The molecule has 0 saturated carbocycles. The van der Waals surface area contributed by atoms with Gasteiger partial charge in [0.25, 0.3) is 0 Å². The van der Waals surface area contributed by atoms with Crippen LogP contribution in [-0.2, 0) is 18.0 Å². The van der Waals surface area contributed by atoms with E-state index >= 15 is 0 Å². The molecule has 7 heteroatoms. The first-order chi connectivity index (χ1) is 13.2. The van der Waals surface area contributed by atoms with Crippen LogP contribution in [0.2, 0.25) is 0 Å². The molecule has 0 aliphatic carbocycles. The van der Waals surface area contributed by atoms with Gasteiger partial charge >= 0.3 is 0 Å². The average molecular weight is 364 g/mol. The standard InChI is InChI=1S/C20H16N2O5/c23-15-5-1-13(2-6-15)19-9-17(26-21-19)11-25-12-18-10-20(22-27-18)14-3-7-16(24)8-4-14/h1-10,23-24H,11-12H2. The van der Waals surface area contributed by atoms with Crippen LogP contribution in [0.3, 0.4) is 0 Å². The molecule has 0 aliphatic heterocycles. The van der Waals surface area contributed by atoms with Gasteiger partial charge in [-0.1, -0.05) is 10.3 Å². The number of aromatic hydroxyl groups is 2. The van der Waals surface area contributed by atoms with E-state index in [2.05, 4.69) is 10.3 Å². The second-order valence-electron chi connectivity index (χ2n) is 5.94. The Morgan fingerprint density at radius 3 is 1.48 bits per heavy atom. The lowest BCUT2D eigenvalue weighted by Gasteiger charge is -1.97. The summed E-state index contributed by atoms with van der Waals surface area (Å²) < 4.78 is 16.1. The van der Waals surface area contributed by atoms with Gasteiger partial charge in [-0.25, -0.2) is 0 Å². The average Bonchev–Trinajstić information content (AvgIpc) is 3.33. The molecular weight excluding hydrogens is 348 g/mol. The fourth-order valence-electron chi connectivity index (χ4n) is 2.55. The molecule has 0 radical (unpaired) electrons. The molecule has 0 spiro atoms. The predicted molar refractivity (Wildman–Crippen MR) is 95.7 cm³/mol. The number of phenolic OH excluding ortho intramolecular Hbond substituents is 2. The summed E-state index contributed by atoms with van der Waals surface area (Å²) in [6, 6.07) is 17.0. The van der Waals surface area contributed by atoms with Gasteiger partial charge in [-0.2, -0.15) is 0 Å². The number of nitrogens with zero attached hydrogens (tertiary/aromatic N) is 2. The molecule has 2 aromatic heterocycles. The Morgan fingerprint density at radius 2 is 1.07 bits per heavy atom. The quantitative estimate of drug-likeness (QED) is 0.530. The highest BCUT2D eigenvalue weighted by Crippen LogP contribution is 2.23. The second kappa shape index (κ2) is 7.35. The lowest BCUT2D eigenvalue weighted by Crippen LogP contribution is -1.91. The van der Waals surface area contributed by atoms with Gasteiger partial charge in [0, 0.05) is 23.3 Å². The van der Waals surface area contributed by atoms with Crippen molar-refractivity contribution in [2.75, 3.05) is 0 Å². The molecule has 4 aromatic rings. The van der Waals surface area contributed by atoms with Gasteiger partial charge in [0.2, 0.25) is 0 Å². The third kappa shape index (κ3) is 3.99. The molecule has 0 atom stereocenters. The molecule has 2 N–H and O–H groups in total. The van der Waals surface area contributed by atoms with Gasteiger partial charge < -0.3 is 24.0 Å². The van der Waals surface area contributed by atoms with Gasteiger partial charge in [0.15, 0.2) is 11.5 Å². The number of hydrogen-bond acceptors (Lipinski definition) is 7. The fraction of sp³-hybridized carbons (Fsp3) is 0.100. The van der Waals surface area contributed by atoms with Crippen molar-refractivity contribution in [1.82, 2.24) is 10.3 Å². The summed E-state index contributed by atoms with van der Waals surface area (Å²) in [4.78, 5) is 0. The first-order valence-corrected chi connectivity index (χ1v) is 8.25. The molecule has 0 aliphatic rings. The third-order valence-electron chi connectivity index (χ3n) is 3.93. The zero-order valence-corrected chi connectivity index (χ0v) is 14.2. The van der Waals surface area contributed by atoms with E-state index in [1.54, 1.807) is 60.7 Å². The lowest BCUT2D eigenvalue weighted by molar-refractivity contribution is 0.0727. The van der Waals surface area contributed by atoms with Crippen molar-refractivity contribution in [1.29, 1.82) is 0 Å². The number of hydrogen-bond donors (Lipinski definition) is 2. The molecule has 0 fully saturated rings. The molecule has 136 valence electrons. The van der Waals surface area contributed by atoms with E-state index in [9.17, 15) is 10.2 Å². The normalized spacial score (nSPS) is 11.0. The summed E-state index contributed by atoms with van der Waals surface area (Å²) in [6.07, 6.45) is 0. The molecule has 4 rings (SSSR count). The summed E-state index contributed by atoms with van der Waals surface area (Å²) in [7, 11) is 0. The molecule has 0 amide bonds. The van der Waals surface area contributed by atoms with Gasteiger partial charge in [-0.05, 0) is 48.5 Å². The molecule has 2 heterocycles. The van der Waals surface area contributed by atoms with E-state index in [1.165, 1.54) is 0 Å². The fourth-order valence-corrected chi connectivity index (χ4v) is 2.55. The van der Waals surface area contributed by atoms with Crippen molar-refractivity contribution in [3.05, 3.63) is 72.2 Å². The van der Waals surface area contributed by atoms with Gasteiger partial charge in [0.05, 0.1) is 0 Å². The minimum absolute atomic E-state index is 0.199. The zero-order valence-electron chi connectivity index (χ0n) is 14.2. The Kier molecular flexibility index (Phi) is 4.59. The first kappa shape index (κ1) is 16.9. The molecule has 0 saturated heterocycles. The van der Waals surface area contributed by atoms with Crippen LogP contribution in [0.1, 0.15) is 11.5 Å². The first-order valence-electron chi connectivity index (χ1n) is 8.25. The number of ether oxygens (including phenoxy) is 1. The van der Waals surface area contributed by atoms with Crippen LogP contribution < -0.4 is 0 Å². The van der Waals surface area contributed by atoms with Crippen LogP contribution in [0.15, 0.2) is 69.7 Å². The Morgan fingerprint density at radius 1 is 0.667 bits per heavy atom. The largest absolute Gasteiger partial charge is 0.508 e. The molecule has 7 nitrogen and oxygen atoms in total. The van der Waals surface area contributed by atoms with Crippen LogP contribution in [-0.4, -0.2) is 20.5 Å².